The molecule has 0 bridgehead atoms. The fraction of sp³-hybridized carbons (Fsp3) is 0.467. The Balaban J connectivity index is 2.54. The molecule has 0 heterocycles. The summed E-state index contributed by atoms with van der Waals surface area (Å²) in [5, 5.41) is 11.6. The molecule has 0 atom stereocenters. The summed E-state index contributed by atoms with van der Waals surface area (Å²) in [6.45, 7) is 4.51. The molecule has 1 aromatic rings. The van der Waals surface area contributed by atoms with Gasteiger partial charge in [-0.1, -0.05) is 26.0 Å². The Morgan fingerprint density at radius 3 is 2.20 bits per heavy atom. The van der Waals surface area contributed by atoms with Gasteiger partial charge < -0.3 is 15.3 Å². The van der Waals surface area contributed by atoms with Crippen molar-refractivity contribution in [1.29, 1.82) is 0 Å². The zero-order valence-electron chi connectivity index (χ0n) is 12.2. The van der Waals surface area contributed by atoms with Gasteiger partial charge in [0.25, 0.3) is 0 Å². The van der Waals surface area contributed by atoms with Crippen molar-refractivity contribution >= 4 is 12.0 Å². The minimum atomic E-state index is -0.950. The number of carboxylic acid groups (broad SMARTS) is 1. The van der Waals surface area contributed by atoms with Gasteiger partial charge in [-0.25, -0.2) is 9.59 Å². The summed E-state index contributed by atoms with van der Waals surface area (Å²) in [6.07, 6.45) is 1.85. The number of hydrogen-bond donors (Lipinski definition) is 2. The van der Waals surface area contributed by atoms with Crippen molar-refractivity contribution in [3.63, 3.8) is 0 Å². The molecule has 0 saturated heterocycles. The maximum atomic E-state index is 12.0. The molecule has 0 unspecified atom stereocenters. The Labute approximate surface area is 119 Å². The summed E-state index contributed by atoms with van der Waals surface area (Å²) in [5.74, 6) is -0.950. The van der Waals surface area contributed by atoms with Crippen LogP contribution in [0.1, 0.15) is 42.6 Å². The Morgan fingerprint density at radius 1 is 1.20 bits per heavy atom. The van der Waals surface area contributed by atoms with E-state index in [1.165, 1.54) is 12.1 Å². The normalized spacial score (nSPS) is 10.4. The van der Waals surface area contributed by atoms with Gasteiger partial charge in [0.2, 0.25) is 0 Å². The molecule has 2 N–H and O–H groups in total. The zero-order chi connectivity index (χ0) is 15.1. The predicted molar refractivity (Wildman–Crippen MR) is 77.8 cm³/mol. The lowest BCUT2D eigenvalue weighted by atomic mass is 10.1. The maximum Gasteiger partial charge on any atom is 0.335 e. The molecule has 1 aromatic carbocycles. The molecule has 0 fully saturated rings. The number of carbonyl (C=O) groups is 2. The van der Waals surface area contributed by atoms with Crippen molar-refractivity contribution in [1.82, 2.24) is 10.2 Å². The van der Waals surface area contributed by atoms with Gasteiger partial charge in [0.15, 0.2) is 0 Å². The van der Waals surface area contributed by atoms with Gasteiger partial charge in [-0.05, 0) is 30.5 Å². The van der Waals surface area contributed by atoms with Crippen LogP contribution < -0.4 is 5.32 Å². The molecule has 0 aliphatic heterocycles. The van der Waals surface area contributed by atoms with E-state index in [0.29, 0.717) is 6.54 Å². The van der Waals surface area contributed by atoms with Crippen LogP contribution in [-0.2, 0) is 6.54 Å². The number of nitrogens with one attached hydrogen (secondary N) is 1. The van der Waals surface area contributed by atoms with Crippen molar-refractivity contribution in [3.8, 4) is 0 Å². The van der Waals surface area contributed by atoms with Crippen LogP contribution in [0.5, 0.6) is 0 Å². The molecule has 0 aliphatic rings. The van der Waals surface area contributed by atoms with Crippen LogP contribution in [0.2, 0.25) is 0 Å². The van der Waals surface area contributed by atoms with Crippen molar-refractivity contribution in [2.24, 2.45) is 0 Å². The lowest BCUT2D eigenvalue weighted by Gasteiger charge is -2.26. The number of urea groups is 1. The van der Waals surface area contributed by atoms with Gasteiger partial charge in [-0.3, -0.25) is 0 Å². The van der Waals surface area contributed by atoms with E-state index < -0.39 is 5.97 Å². The highest BCUT2D eigenvalue weighted by molar-refractivity contribution is 5.87. The average Bonchev–Trinajstić information content (AvgIpc) is 2.46. The molecule has 0 radical (unpaired) electrons. The fourth-order valence-electron chi connectivity index (χ4n) is 2.07. The largest absolute Gasteiger partial charge is 0.478 e. The highest BCUT2D eigenvalue weighted by Gasteiger charge is 2.15. The van der Waals surface area contributed by atoms with E-state index in [1.54, 1.807) is 24.1 Å². The summed E-state index contributed by atoms with van der Waals surface area (Å²) in [4.78, 5) is 24.4. The van der Waals surface area contributed by atoms with Crippen molar-refractivity contribution in [3.05, 3.63) is 35.4 Å². The third-order valence-corrected chi connectivity index (χ3v) is 3.46. The highest BCUT2D eigenvalue weighted by atomic mass is 16.4. The number of carbonyl (C=O) groups excluding carboxylic acids is 1. The maximum absolute atomic E-state index is 12.0. The van der Waals surface area contributed by atoms with Gasteiger partial charge in [0.05, 0.1) is 5.56 Å². The molecule has 110 valence electrons. The van der Waals surface area contributed by atoms with Crippen LogP contribution in [0.3, 0.4) is 0 Å². The predicted octanol–water partition coefficient (Wildman–Crippen LogP) is 2.71. The van der Waals surface area contributed by atoms with E-state index in [1.807, 2.05) is 0 Å². The van der Waals surface area contributed by atoms with Crippen LogP contribution in [-0.4, -0.2) is 35.1 Å². The van der Waals surface area contributed by atoms with Crippen LogP contribution in [0, 0.1) is 0 Å². The van der Waals surface area contributed by atoms with E-state index in [4.69, 9.17) is 5.11 Å². The fourth-order valence-corrected chi connectivity index (χ4v) is 2.07. The smallest absolute Gasteiger partial charge is 0.335 e. The molecule has 0 aliphatic carbocycles. The number of rotatable bonds is 6. The van der Waals surface area contributed by atoms with Crippen molar-refractivity contribution in [2.45, 2.75) is 39.3 Å². The summed E-state index contributed by atoms with van der Waals surface area (Å²) in [7, 11) is 1.79. The van der Waals surface area contributed by atoms with Gasteiger partial charge in [-0.2, -0.15) is 0 Å². The number of benzene rings is 1. The van der Waals surface area contributed by atoms with Crippen LogP contribution in [0.15, 0.2) is 24.3 Å². The van der Waals surface area contributed by atoms with E-state index in [0.717, 1.165) is 18.4 Å². The Bertz CT molecular complexity index is 453. The van der Waals surface area contributed by atoms with E-state index in [2.05, 4.69) is 19.2 Å². The molecular weight excluding hydrogens is 256 g/mol. The summed E-state index contributed by atoms with van der Waals surface area (Å²) >= 11 is 0. The first-order chi connectivity index (χ1) is 9.49. The number of nitrogens with zero attached hydrogens (tertiary/aromatic N) is 1. The topological polar surface area (TPSA) is 69.6 Å². The molecule has 5 heteroatoms. The number of amides is 2. The molecular formula is C15H22N2O3. The first kappa shape index (κ1) is 16.0. The summed E-state index contributed by atoms with van der Waals surface area (Å²) in [6, 6.07) is 6.62. The summed E-state index contributed by atoms with van der Waals surface area (Å²) < 4.78 is 0. The van der Waals surface area contributed by atoms with Gasteiger partial charge >= 0.3 is 12.0 Å². The van der Waals surface area contributed by atoms with Crippen LogP contribution in [0.25, 0.3) is 0 Å². The molecule has 5 nitrogen and oxygen atoms in total. The van der Waals surface area contributed by atoms with Crippen molar-refractivity contribution < 1.29 is 14.7 Å². The molecule has 0 spiro atoms. The van der Waals surface area contributed by atoms with Crippen LogP contribution in [0.4, 0.5) is 4.79 Å². The average molecular weight is 278 g/mol. The molecule has 2 amide bonds. The minimum Gasteiger partial charge on any atom is -0.478 e. The van der Waals surface area contributed by atoms with Crippen molar-refractivity contribution in [2.75, 3.05) is 7.05 Å². The first-order valence-corrected chi connectivity index (χ1v) is 6.82. The van der Waals surface area contributed by atoms with Crippen LogP contribution >= 0.6 is 0 Å². The Morgan fingerprint density at radius 2 is 1.75 bits per heavy atom. The SMILES string of the molecule is CCC(CC)N(C)C(=O)NCc1ccc(C(=O)O)cc1. The van der Waals surface area contributed by atoms with E-state index in [9.17, 15) is 9.59 Å². The quantitative estimate of drug-likeness (QED) is 0.840. The molecule has 20 heavy (non-hydrogen) atoms. The lowest BCUT2D eigenvalue weighted by molar-refractivity contribution is 0.0697. The standard InChI is InChI=1S/C15H22N2O3/c1-4-13(5-2)17(3)15(20)16-10-11-6-8-12(9-7-11)14(18)19/h6-9,13H,4-5,10H2,1-3H3,(H,16,20)(H,18,19). The monoisotopic (exact) mass is 278 g/mol. The third-order valence-electron chi connectivity index (χ3n) is 3.46. The van der Waals surface area contributed by atoms with Gasteiger partial charge in [0.1, 0.15) is 0 Å². The highest BCUT2D eigenvalue weighted by Crippen LogP contribution is 2.07. The van der Waals surface area contributed by atoms with Gasteiger partial charge in [0, 0.05) is 19.6 Å². The molecule has 0 aromatic heterocycles. The second-order valence-electron chi connectivity index (χ2n) is 4.74. The molecule has 0 saturated carbocycles. The second-order valence-corrected chi connectivity index (χ2v) is 4.74. The second kappa shape index (κ2) is 7.53. The lowest BCUT2D eigenvalue weighted by Crippen LogP contribution is -2.42. The first-order valence-electron chi connectivity index (χ1n) is 6.82. The minimum absolute atomic E-state index is 0.110. The van der Waals surface area contributed by atoms with E-state index in [-0.39, 0.29) is 17.6 Å². The zero-order valence-corrected chi connectivity index (χ0v) is 12.2. The Kier molecular flexibility index (Phi) is 6.03. The molecule has 1 rings (SSSR count). The number of carboxylic acids is 1. The third kappa shape index (κ3) is 4.26. The van der Waals surface area contributed by atoms with E-state index >= 15 is 0 Å². The summed E-state index contributed by atoms with van der Waals surface area (Å²) in [5.41, 5.74) is 1.12. The Hall–Kier alpha value is -2.04. The van der Waals surface area contributed by atoms with Gasteiger partial charge in [-0.15, -0.1) is 0 Å². The number of aromatic carboxylic acids is 1. The number of hydrogen-bond acceptors (Lipinski definition) is 2.